The SMILES string of the molecule is C#Cc1ccc(C=O)c(C(=O)OC)c1. The maximum Gasteiger partial charge on any atom is 0.338 e. The standard InChI is InChI=1S/C11H8O3/c1-3-8-4-5-9(7-12)10(6-8)11(13)14-2/h1,4-7H,2H3. The first-order valence-electron chi connectivity index (χ1n) is 3.87. The lowest BCUT2D eigenvalue weighted by Crippen LogP contribution is -2.05. The maximum absolute atomic E-state index is 11.2. The normalized spacial score (nSPS) is 8.86. The Morgan fingerprint density at radius 3 is 2.79 bits per heavy atom. The minimum absolute atomic E-state index is 0.193. The highest BCUT2D eigenvalue weighted by Crippen LogP contribution is 2.10. The molecule has 1 aromatic rings. The monoisotopic (exact) mass is 188 g/mol. The van der Waals surface area contributed by atoms with E-state index in [1.165, 1.54) is 19.2 Å². The molecule has 0 N–H and O–H groups in total. The van der Waals surface area contributed by atoms with E-state index in [0.717, 1.165) is 0 Å². The number of benzene rings is 1. The molecule has 3 nitrogen and oxygen atoms in total. The summed E-state index contributed by atoms with van der Waals surface area (Å²) in [5, 5.41) is 0. The number of carbonyl (C=O) groups is 2. The van der Waals surface area contributed by atoms with Crippen LogP contribution in [-0.4, -0.2) is 19.4 Å². The second kappa shape index (κ2) is 4.24. The molecule has 0 unspecified atom stereocenters. The van der Waals surface area contributed by atoms with E-state index in [1.54, 1.807) is 6.07 Å². The van der Waals surface area contributed by atoms with Crippen LogP contribution < -0.4 is 0 Å². The molecule has 0 aliphatic carbocycles. The van der Waals surface area contributed by atoms with Crippen molar-refractivity contribution in [1.82, 2.24) is 0 Å². The fourth-order valence-corrected chi connectivity index (χ4v) is 1.04. The first kappa shape index (κ1) is 10.0. The molecule has 0 aliphatic rings. The van der Waals surface area contributed by atoms with Crippen molar-refractivity contribution < 1.29 is 14.3 Å². The summed E-state index contributed by atoms with van der Waals surface area (Å²) in [5.74, 6) is 1.81. The summed E-state index contributed by atoms with van der Waals surface area (Å²) in [6, 6.07) is 4.54. The van der Waals surface area contributed by atoms with E-state index >= 15 is 0 Å². The van der Waals surface area contributed by atoms with Crippen LogP contribution in [0.3, 0.4) is 0 Å². The zero-order valence-corrected chi connectivity index (χ0v) is 7.61. The minimum atomic E-state index is -0.566. The molecule has 1 aromatic carbocycles. The molecule has 0 atom stereocenters. The maximum atomic E-state index is 11.2. The van der Waals surface area contributed by atoms with Crippen molar-refractivity contribution in [2.24, 2.45) is 0 Å². The van der Waals surface area contributed by atoms with E-state index in [9.17, 15) is 9.59 Å². The van der Waals surface area contributed by atoms with Crippen LogP contribution >= 0.6 is 0 Å². The predicted molar refractivity (Wildman–Crippen MR) is 51.1 cm³/mol. The highest BCUT2D eigenvalue weighted by Gasteiger charge is 2.11. The Labute approximate surface area is 81.7 Å². The van der Waals surface area contributed by atoms with Crippen molar-refractivity contribution >= 4 is 12.3 Å². The van der Waals surface area contributed by atoms with Crippen LogP contribution in [0, 0.1) is 12.3 Å². The van der Waals surface area contributed by atoms with Gasteiger partial charge < -0.3 is 4.74 Å². The molecule has 3 heteroatoms. The molecular weight excluding hydrogens is 180 g/mol. The van der Waals surface area contributed by atoms with Crippen molar-refractivity contribution in [3.05, 3.63) is 34.9 Å². The zero-order valence-electron chi connectivity index (χ0n) is 7.61. The summed E-state index contributed by atoms with van der Waals surface area (Å²) in [4.78, 5) is 21.8. The number of esters is 1. The van der Waals surface area contributed by atoms with Gasteiger partial charge in [-0.1, -0.05) is 5.92 Å². The van der Waals surface area contributed by atoms with E-state index in [0.29, 0.717) is 11.8 Å². The molecule has 1 rings (SSSR count). The number of hydrogen-bond donors (Lipinski definition) is 0. The fraction of sp³-hybridized carbons (Fsp3) is 0.0909. The molecule has 70 valence electrons. The van der Waals surface area contributed by atoms with Crippen LogP contribution in [-0.2, 0) is 4.74 Å². The van der Waals surface area contributed by atoms with Crippen LogP contribution in [0.15, 0.2) is 18.2 Å². The van der Waals surface area contributed by atoms with Gasteiger partial charge in [0.25, 0.3) is 0 Å². The largest absolute Gasteiger partial charge is 0.465 e. The van der Waals surface area contributed by atoms with Gasteiger partial charge in [-0.3, -0.25) is 4.79 Å². The number of ether oxygens (including phenoxy) is 1. The van der Waals surface area contributed by atoms with Gasteiger partial charge in [-0.2, -0.15) is 0 Å². The molecule has 14 heavy (non-hydrogen) atoms. The molecule has 0 radical (unpaired) electrons. The minimum Gasteiger partial charge on any atom is -0.465 e. The number of terminal acetylenes is 1. The van der Waals surface area contributed by atoms with E-state index < -0.39 is 5.97 Å². The number of hydrogen-bond acceptors (Lipinski definition) is 3. The highest BCUT2D eigenvalue weighted by atomic mass is 16.5. The van der Waals surface area contributed by atoms with Crippen LogP contribution in [0.4, 0.5) is 0 Å². The Morgan fingerprint density at radius 2 is 2.29 bits per heavy atom. The number of rotatable bonds is 2. The van der Waals surface area contributed by atoms with Crippen LogP contribution in [0.2, 0.25) is 0 Å². The Bertz CT molecular complexity index is 413. The molecule has 0 spiro atoms. The van der Waals surface area contributed by atoms with Crippen LogP contribution in [0.1, 0.15) is 26.3 Å². The molecule has 0 heterocycles. The van der Waals surface area contributed by atoms with Gasteiger partial charge in [-0.25, -0.2) is 4.79 Å². The predicted octanol–water partition coefficient (Wildman–Crippen LogP) is 1.27. The third-order valence-corrected chi connectivity index (χ3v) is 1.75. The molecule has 0 fully saturated rings. The van der Waals surface area contributed by atoms with E-state index in [-0.39, 0.29) is 11.1 Å². The van der Waals surface area contributed by atoms with Crippen molar-refractivity contribution in [3.8, 4) is 12.3 Å². The Kier molecular flexibility index (Phi) is 3.03. The first-order chi connectivity index (χ1) is 6.72. The molecule has 0 bridgehead atoms. The van der Waals surface area contributed by atoms with Gasteiger partial charge in [-0.05, 0) is 18.2 Å². The van der Waals surface area contributed by atoms with E-state index in [1.807, 2.05) is 0 Å². The summed E-state index contributed by atoms with van der Waals surface area (Å²) >= 11 is 0. The third-order valence-electron chi connectivity index (χ3n) is 1.75. The molecular formula is C11H8O3. The van der Waals surface area contributed by atoms with Gasteiger partial charge in [0.15, 0.2) is 6.29 Å². The van der Waals surface area contributed by atoms with Crippen LogP contribution in [0.25, 0.3) is 0 Å². The topological polar surface area (TPSA) is 43.4 Å². The highest BCUT2D eigenvalue weighted by molar-refractivity contribution is 5.98. The fourth-order valence-electron chi connectivity index (χ4n) is 1.04. The molecule has 0 amide bonds. The lowest BCUT2D eigenvalue weighted by atomic mass is 10.1. The van der Waals surface area contributed by atoms with Gasteiger partial charge in [-0.15, -0.1) is 6.42 Å². The van der Waals surface area contributed by atoms with Gasteiger partial charge in [0.1, 0.15) is 0 Å². The lowest BCUT2D eigenvalue weighted by Gasteiger charge is -2.02. The van der Waals surface area contributed by atoms with E-state index in [2.05, 4.69) is 10.7 Å². The molecule has 0 saturated carbocycles. The summed E-state index contributed by atoms with van der Waals surface area (Å²) in [6.45, 7) is 0. The number of aldehydes is 1. The second-order valence-electron chi connectivity index (χ2n) is 2.56. The van der Waals surface area contributed by atoms with Crippen molar-refractivity contribution in [2.75, 3.05) is 7.11 Å². The average Bonchev–Trinajstić information content (AvgIpc) is 2.27. The quantitative estimate of drug-likeness (QED) is 0.398. The molecule has 0 aliphatic heterocycles. The zero-order chi connectivity index (χ0) is 10.6. The Balaban J connectivity index is 3.30. The van der Waals surface area contributed by atoms with Crippen molar-refractivity contribution in [2.45, 2.75) is 0 Å². The summed E-state index contributed by atoms with van der Waals surface area (Å²) in [7, 11) is 1.25. The van der Waals surface area contributed by atoms with Gasteiger partial charge in [0, 0.05) is 11.1 Å². The first-order valence-corrected chi connectivity index (χ1v) is 3.87. The summed E-state index contributed by atoms with van der Waals surface area (Å²) in [6.07, 6.45) is 5.75. The van der Waals surface area contributed by atoms with E-state index in [4.69, 9.17) is 6.42 Å². The lowest BCUT2D eigenvalue weighted by molar-refractivity contribution is 0.0598. The third kappa shape index (κ3) is 1.80. The molecule has 0 saturated heterocycles. The van der Waals surface area contributed by atoms with Crippen LogP contribution in [0.5, 0.6) is 0 Å². The second-order valence-corrected chi connectivity index (χ2v) is 2.56. The number of carbonyl (C=O) groups excluding carboxylic acids is 2. The number of methoxy groups -OCH3 is 1. The van der Waals surface area contributed by atoms with Gasteiger partial charge in [0.05, 0.1) is 12.7 Å². The smallest absolute Gasteiger partial charge is 0.338 e. The van der Waals surface area contributed by atoms with Gasteiger partial charge >= 0.3 is 5.97 Å². The van der Waals surface area contributed by atoms with Crippen molar-refractivity contribution in [3.63, 3.8) is 0 Å². The Morgan fingerprint density at radius 1 is 1.57 bits per heavy atom. The van der Waals surface area contributed by atoms with Gasteiger partial charge in [0.2, 0.25) is 0 Å². The molecule has 0 aromatic heterocycles. The average molecular weight is 188 g/mol. The summed E-state index contributed by atoms with van der Waals surface area (Å²) in [5.41, 5.74) is 1.00. The summed E-state index contributed by atoms with van der Waals surface area (Å²) < 4.78 is 4.51. The Hall–Kier alpha value is -2.08. The van der Waals surface area contributed by atoms with Crippen molar-refractivity contribution in [1.29, 1.82) is 0 Å².